The van der Waals surface area contributed by atoms with Gasteiger partial charge in [0.25, 0.3) is 0 Å². The fraction of sp³-hybridized carbons (Fsp3) is 0.846. The highest BCUT2D eigenvalue weighted by molar-refractivity contribution is 5.85. The Morgan fingerprint density at radius 2 is 1.83 bits per heavy atom. The van der Waals surface area contributed by atoms with Gasteiger partial charge in [0, 0.05) is 12.6 Å². The number of likely N-dealkylation sites (N-methyl/N-ethyl adjacent to an activating group) is 1. The smallest absolute Gasteiger partial charge is 0.307 e. The van der Waals surface area contributed by atoms with Crippen LogP contribution < -0.4 is 5.32 Å². The summed E-state index contributed by atoms with van der Waals surface area (Å²) >= 11 is 0. The number of amides is 1. The first kappa shape index (κ1) is 13.3. The Labute approximate surface area is 108 Å². The molecule has 2 N–H and O–H groups in total. The molecular weight excluding hydrogens is 232 g/mol. The summed E-state index contributed by atoms with van der Waals surface area (Å²) in [6.45, 7) is 1.87. The second kappa shape index (κ2) is 5.69. The lowest BCUT2D eigenvalue weighted by molar-refractivity contribution is -0.149. The van der Waals surface area contributed by atoms with E-state index in [1.807, 2.05) is 7.05 Å². The SMILES string of the molecule is CN1CCC(NC(=O)C2CCCCC2C(=O)O)C1. The molecule has 0 aromatic heterocycles. The summed E-state index contributed by atoms with van der Waals surface area (Å²) in [7, 11) is 2.03. The van der Waals surface area contributed by atoms with E-state index >= 15 is 0 Å². The van der Waals surface area contributed by atoms with Crippen molar-refractivity contribution in [3.8, 4) is 0 Å². The molecule has 1 aliphatic carbocycles. The molecule has 1 amide bonds. The molecule has 0 spiro atoms. The van der Waals surface area contributed by atoms with Gasteiger partial charge in [-0.3, -0.25) is 9.59 Å². The molecule has 1 saturated carbocycles. The van der Waals surface area contributed by atoms with Crippen molar-refractivity contribution in [1.29, 1.82) is 0 Å². The Morgan fingerprint density at radius 1 is 1.17 bits per heavy atom. The van der Waals surface area contributed by atoms with Crippen molar-refractivity contribution in [3.05, 3.63) is 0 Å². The maximum absolute atomic E-state index is 12.2. The van der Waals surface area contributed by atoms with E-state index < -0.39 is 11.9 Å². The first-order chi connectivity index (χ1) is 8.58. The Balaban J connectivity index is 1.92. The van der Waals surface area contributed by atoms with E-state index in [0.29, 0.717) is 12.8 Å². The van der Waals surface area contributed by atoms with E-state index in [-0.39, 0.29) is 17.9 Å². The van der Waals surface area contributed by atoms with Gasteiger partial charge in [-0.15, -0.1) is 0 Å². The van der Waals surface area contributed by atoms with Crippen LogP contribution in [0.4, 0.5) is 0 Å². The van der Waals surface area contributed by atoms with E-state index in [9.17, 15) is 14.7 Å². The Hall–Kier alpha value is -1.10. The van der Waals surface area contributed by atoms with Gasteiger partial charge in [0.05, 0.1) is 11.8 Å². The second-order valence-electron chi connectivity index (χ2n) is 5.59. The topological polar surface area (TPSA) is 69.6 Å². The molecule has 1 heterocycles. The number of carboxylic acids is 1. The normalized spacial score (nSPS) is 33.3. The maximum Gasteiger partial charge on any atom is 0.307 e. The number of hydrogen-bond acceptors (Lipinski definition) is 3. The summed E-state index contributed by atoms with van der Waals surface area (Å²) in [6.07, 6.45) is 4.20. The van der Waals surface area contributed by atoms with Crippen molar-refractivity contribution in [2.24, 2.45) is 11.8 Å². The molecular formula is C13H22N2O3. The van der Waals surface area contributed by atoms with E-state index in [1.165, 1.54) is 0 Å². The van der Waals surface area contributed by atoms with Gasteiger partial charge in [0.2, 0.25) is 5.91 Å². The third-order valence-corrected chi connectivity index (χ3v) is 4.16. The molecule has 1 saturated heterocycles. The van der Waals surface area contributed by atoms with Crippen LogP contribution in [0.15, 0.2) is 0 Å². The highest BCUT2D eigenvalue weighted by atomic mass is 16.4. The number of carboxylic acid groups (broad SMARTS) is 1. The van der Waals surface area contributed by atoms with Crippen LogP contribution in [0.1, 0.15) is 32.1 Å². The highest BCUT2D eigenvalue weighted by Crippen LogP contribution is 2.30. The molecule has 18 heavy (non-hydrogen) atoms. The average molecular weight is 254 g/mol. The molecule has 0 bridgehead atoms. The van der Waals surface area contributed by atoms with Gasteiger partial charge in [-0.1, -0.05) is 12.8 Å². The predicted molar refractivity (Wildman–Crippen MR) is 67.1 cm³/mol. The summed E-state index contributed by atoms with van der Waals surface area (Å²) in [4.78, 5) is 25.5. The fourth-order valence-electron chi connectivity index (χ4n) is 3.10. The number of carbonyl (C=O) groups excluding carboxylic acids is 1. The van der Waals surface area contributed by atoms with Crippen molar-refractivity contribution in [3.63, 3.8) is 0 Å². The molecule has 3 unspecified atom stereocenters. The fourth-order valence-corrected chi connectivity index (χ4v) is 3.10. The lowest BCUT2D eigenvalue weighted by Gasteiger charge is -2.28. The highest BCUT2D eigenvalue weighted by Gasteiger charge is 2.36. The van der Waals surface area contributed by atoms with Crippen LogP contribution in [0.3, 0.4) is 0 Å². The van der Waals surface area contributed by atoms with Gasteiger partial charge in [0.1, 0.15) is 0 Å². The Kier molecular flexibility index (Phi) is 4.22. The molecule has 0 radical (unpaired) electrons. The molecule has 0 aromatic carbocycles. The van der Waals surface area contributed by atoms with Crippen molar-refractivity contribution < 1.29 is 14.7 Å². The monoisotopic (exact) mass is 254 g/mol. The molecule has 2 rings (SSSR count). The van der Waals surface area contributed by atoms with Crippen molar-refractivity contribution >= 4 is 11.9 Å². The number of hydrogen-bond donors (Lipinski definition) is 2. The number of likely N-dealkylation sites (tertiary alicyclic amines) is 1. The minimum absolute atomic E-state index is 0.0533. The third-order valence-electron chi connectivity index (χ3n) is 4.16. The van der Waals surface area contributed by atoms with Crippen LogP contribution in [0.5, 0.6) is 0 Å². The number of carbonyl (C=O) groups is 2. The lowest BCUT2D eigenvalue weighted by Crippen LogP contribution is -2.44. The minimum atomic E-state index is -0.821. The molecule has 0 aromatic rings. The first-order valence-corrected chi connectivity index (χ1v) is 6.79. The van der Waals surface area contributed by atoms with Gasteiger partial charge < -0.3 is 15.3 Å². The summed E-state index contributed by atoms with van der Waals surface area (Å²) in [6, 6.07) is 0.193. The number of aliphatic carboxylic acids is 1. The zero-order valence-corrected chi connectivity index (χ0v) is 10.9. The summed E-state index contributed by atoms with van der Waals surface area (Å²) in [5.41, 5.74) is 0. The van der Waals surface area contributed by atoms with Crippen LogP contribution in [-0.4, -0.2) is 48.1 Å². The zero-order chi connectivity index (χ0) is 13.1. The van der Waals surface area contributed by atoms with Gasteiger partial charge in [-0.05, 0) is 32.9 Å². The minimum Gasteiger partial charge on any atom is -0.481 e. The van der Waals surface area contributed by atoms with Crippen molar-refractivity contribution in [2.45, 2.75) is 38.1 Å². The van der Waals surface area contributed by atoms with Crippen LogP contribution >= 0.6 is 0 Å². The van der Waals surface area contributed by atoms with Crippen LogP contribution in [0.25, 0.3) is 0 Å². The van der Waals surface area contributed by atoms with Gasteiger partial charge >= 0.3 is 5.97 Å². The predicted octanol–water partition coefficient (Wildman–Crippen LogP) is 0.698. The number of rotatable bonds is 3. The van der Waals surface area contributed by atoms with E-state index in [0.717, 1.165) is 32.4 Å². The van der Waals surface area contributed by atoms with Gasteiger partial charge in [0.15, 0.2) is 0 Å². The summed E-state index contributed by atoms with van der Waals surface area (Å²) in [5, 5.41) is 12.2. The van der Waals surface area contributed by atoms with E-state index in [2.05, 4.69) is 10.2 Å². The van der Waals surface area contributed by atoms with Gasteiger partial charge in [-0.2, -0.15) is 0 Å². The van der Waals surface area contributed by atoms with Crippen LogP contribution in [-0.2, 0) is 9.59 Å². The summed E-state index contributed by atoms with van der Waals surface area (Å²) < 4.78 is 0. The number of nitrogens with one attached hydrogen (secondary N) is 1. The molecule has 102 valence electrons. The van der Waals surface area contributed by atoms with Gasteiger partial charge in [-0.25, -0.2) is 0 Å². The molecule has 2 fully saturated rings. The maximum atomic E-state index is 12.2. The number of nitrogens with zero attached hydrogens (tertiary/aromatic N) is 1. The van der Waals surface area contributed by atoms with Crippen LogP contribution in [0, 0.1) is 11.8 Å². The Morgan fingerprint density at radius 3 is 2.39 bits per heavy atom. The Bertz CT molecular complexity index is 332. The standard InChI is InChI=1S/C13H22N2O3/c1-15-7-6-9(8-15)14-12(16)10-4-2-3-5-11(10)13(17)18/h9-11H,2-8H2,1H3,(H,14,16)(H,17,18). The molecule has 3 atom stereocenters. The molecule has 5 nitrogen and oxygen atoms in total. The molecule has 5 heteroatoms. The van der Waals surface area contributed by atoms with Crippen molar-refractivity contribution in [2.75, 3.05) is 20.1 Å². The summed E-state index contributed by atoms with van der Waals surface area (Å²) in [5.74, 6) is -1.69. The molecule has 1 aliphatic heterocycles. The largest absolute Gasteiger partial charge is 0.481 e. The van der Waals surface area contributed by atoms with Crippen LogP contribution in [0.2, 0.25) is 0 Å². The van der Waals surface area contributed by atoms with Crippen molar-refractivity contribution in [1.82, 2.24) is 10.2 Å². The first-order valence-electron chi connectivity index (χ1n) is 6.79. The second-order valence-corrected chi connectivity index (χ2v) is 5.59. The average Bonchev–Trinajstić information content (AvgIpc) is 2.74. The third kappa shape index (κ3) is 3.02. The van der Waals surface area contributed by atoms with E-state index in [4.69, 9.17) is 0 Å². The lowest BCUT2D eigenvalue weighted by atomic mass is 9.78. The quantitative estimate of drug-likeness (QED) is 0.778. The van der Waals surface area contributed by atoms with E-state index in [1.54, 1.807) is 0 Å². The zero-order valence-electron chi connectivity index (χ0n) is 10.9. The molecule has 2 aliphatic rings.